The highest BCUT2D eigenvalue weighted by molar-refractivity contribution is 7.14. The van der Waals surface area contributed by atoms with Crippen LogP contribution in [0.2, 0.25) is 0 Å². The van der Waals surface area contributed by atoms with E-state index >= 15 is 0 Å². The summed E-state index contributed by atoms with van der Waals surface area (Å²) in [6, 6.07) is 17.7. The molecule has 1 heterocycles. The standard InChI is InChI=1S/C20H21N3O2S/c1-15-7-9-17(10-8-15)21-20-22-18(14-26-20)19(25)23(11-12-24)13-16-5-3-2-4-6-16/h2-10,14,24H,11-13H2,1H3,(H,21,22). The number of nitrogens with zero attached hydrogens (tertiary/aromatic N) is 2. The summed E-state index contributed by atoms with van der Waals surface area (Å²) < 4.78 is 0. The van der Waals surface area contributed by atoms with E-state index in [9.17, 15) is 9.90 Å². The van der Waals surface area contributed by atoms with Crippen molar-refractivity contribution in [3.63, 3.8) is 0 Å². The minimum Gasteiger partial charge on any atom is -0.395 e. The zero-order valence-electron chi connectivity index (χ0n) is 14.6. The largest absolute Gasteiger partial charge is 0.395 e. The van der Waals surface area contributed by atoms with Crippen molar-refractivity contribution in [1.82, 2.24) is 9.88 Å². The van der Waals surface area contributed by atoms with Gasteiger partial charge in [-0.05, 0) is 24.6 Å². The monoisotopic (exact) mass is 367 g/mol. The fraction of sp³-hybridized carbons (Fsp3) is 0.200. The molecule has 0 aliphatic rings. The molecule has 26 heavy (non-hydrogen) atoms. The number of anilines is 2. The van der Waals surface area contributed by atoms with Crippen LogP contribution in [0.4, 0.5) is 10.8 Å². The zero-order chi connectivity index (χ0) is 18.4. The molecule has 0 atom stereocenters. The second kappa shape index (κ2) is 8.60. The van der Waals surface area contributed by atoms with Crippen molar-refractivity contribution >= 4 is 28.1 Å². The third-order valence-electron chi connectivity index (χ3n) is 3.90. The Hall–Kier alpha value is -2.70. The molecule has 0 aliphatic heterocycles. The number of aryl methyl sites for hydroxylation is 1. The first kappa shape index (κ1) is 18.1. The first-order valence-electron chi connectivity index (χ1n) is 8.39. The van der Waals surface area contributed by atoms with E-state index < -0.39 is 0 Å². The molecule has 0 fully saturated rings. The third kappa shape index (κ3) is 4.68. The summed E-state index contributed by atoms with van der Waals surface area (Å²) in [4.78, 5) is 18.8. The fourth-order valence-electron chi connectivity index (χ4n) is 2.53. The normalized spacial score (nSPS) is 10.5. The number of aliphatic hydroxyl groups excluding tert-OH is 1. The number of rotatable bonds is 7. The van der Waals surface area contributed by atoms with Crippen LogP contribution >= 0.6 is 11.3 Å². The highest BCUT2D eigenvalue weighted by atomic mass is 32.1. The summed E-state index contributed by atoms with van der Waals surface area (Å²) in [5.41, 5.74) is 3.52. The molecular weight excluding hydrogens is 346 g/mol. The Balaban J connectivity index is 1.71. The van der Waals surface area contributed by atoms with Crippen molar-refractivity contribution in [2.45, 2.75) is 13.5 Å². The number of aliphatic hydroxyl groups is 1. The molecule has 0 bridgehead atoms. The molecule has 3 aromatic rings. The molecule has 1 aromatic heterocycles. The molecule has 0 saturated heterocycles. The Morgan fingerprint density at radius 1 is 1.15 bits per heavy atom. The van der Waals surface area contributed by atoms with Crippen LogP contribution in [0.1, 0.15) is 21.6 Å². The number of amides is 1. The van der Waals surface area contributed by atoms with Crippen molar-refractivity contribution < 1.29 is 9.90 Å². The highest BCUT2D eigenvalue weighted by Gasteiger charge is 2.19. The molecule has 2 N–H and O–H groups in total. The van der Waals surface area contributed by atoms with Gasteiger partial charge in [-0.25, -0.2) is 4.98 Å². The summed E-state index contributed by atoms with van der Waals surface area (Å²) in [5.74, 6) is -0.184. The molecule has 0 unspecified atom stereocenters. The molecule has 3 rings (SSSR count). The number of carbonyl (C=O) groups excluding carboxylic acids is 1. The van der Waals surface area contributed by atoms with Crippen molar-refractivity contribution in [3.05, 3.63) is 76.8 Å². The summed E-state index contributed by atoms with van der Waals surface area (Å²) >= 11 is 1.39. The number of aromatic nitrogens is 1. The van der Waals surface area contributed by atoms with Gasteiger partial charge in [0.1, 0.15) is 5.69 Å². The molecule has 134 valence electrons. The van der Waals surface area contributed by atoms with Gasteiger partial charge < -0.3 is 15.3 Å². The minimum atomic E-state index is -0.184. The predicted molar refractivity (Wildman–Crippen MR) is 105 cm³/mol. The maximum atomic E-state index is 12.8. The second-order valence-electron chi connectivity index (χ2n) is 5.96. The molecule has 0 spiro atoms. The van der Waals surface area contributed by atoms with Gasteiger partial charge >= 0.3 is 0 Å². The number of hydrogen-bond acceptors (Lipinski definition) is 5. The summed E-state index contributed by atoms with van der Waals surface area (Å²) in [6.07, 6.45) is 0. The van der Waals surface area contributed by atoms with Crippen LogP contribution in [0.3, 0.4) is 0 Å². The van der Waals surface area contributed by atoms with Gasteiger partial charge in [0.05, 0.1) is 6.61 Å². The topological polar surface area (TPSA) is 65.5 Å². The summed E-state index contributed by atoms with van der Waals surface area (Å²) in [6.45, 7) is 2.66. The van der Waals surface area contributed by atoms with Crippen LogP contribution in [0.25, 0.3) is 0 Å². The Morgan fingerprint density at radius 2 is 1.88 bits per heavy atom. The molecular formula is C20H21N3O2S. The number of carbonyl (C=O) groups is 1. The minimum absolute atomic E-state index is 0.0861. The van der Waals surface area contributed by atoms with Crippen LogP contribution in [0.15, 0.2) is 60.0 Å². The number of nitrogens with one attached hydrogen (secondary N) is 1. The Bertz CT molecular complexity index is 847. The lowest BCUT2D eigenvalue weighted by atomic mass is 10.2. The van der Waals surface area contributed by atoms with E-state index in [1.165, 1.54) is 16.9 Å². The number of benzene rings is 2. The average molecular weight is 367 g/mol. The number of hydrogen-bond donors (Lipinski definition) is 2. The van der Waals surface area contributed by atoms with E-state index in [1.807, 2.05) is 61.5 Å². The van der Waals surface area contributed by atoms with E-state index in [1.54, 1.807) is 10.3 Å². The summed E-state index contributed by atoms with van der Waals surface area (Å²) in [5, 5.41) is 14.9. The van der Waals surface area contributed by atoms with E-state index in [-0.39, 0.29) is 19.1 Å². The van der Waals surface area contributed by atoms with Gasteiger partial charge in [0.2, 0.25) is 0 Å². The van der Waals surface area contributed by atoms with E-state index in [4.69, 9.17) is 0 Å². The van der Waals surface area contributed by atoms with E-state index in [2.05, 4.69) is 10.3 Å². The van der Waals surface area contributed by atoms with Crippen LogP contribution in [0.5, 0.6) is 0 Å². The lowest BCUT2D eigenvalue weighted by Gasteiger charge is -2.20. The van der Waals surface area contributed by atoms with Crippen molar-refractivity contribution in [3.8, 4) is 0 Å². The fourth-order valence-corrected chi connectivity index (χ4v) is 3.23. The van der Waals surface area contributed by atoms with E-state index in [0.717, 1.165) is 11.3 Å². The lowest BCUT2D eigenvalue weighted by molar-refractivity contribution is 0.0703. The molecule has 0 saturated carbocycles. The van der Waals surface area contributed by atoms with Crippen LogP contribution in [-0.4, -0.2) is 34.0 Å². The van der Waals surface area contributed by atoms with Gasteiger partial charge in [-0.3, -0.25) is 4.79 Å². The van der Waals surface area contributed by atoms with Crippen LogP contribution in [-0.2, 0) is 6.54 Å². The first-order chi connectivity index (χ1) is 12.7. The van der Waals surface area contributed by atoms with Gasteiger partial charge in [0.25, 0.3) is 5.91 Å². The van der Waals surface area contributed by atoms with E-state index in [0.29, 0.717) is 17.4 Å². The van der Waals surface area contributed by atoms with Gasteiger partial charge in [0, 0.05) is 24.2 Å². The average Bonchev–Trinajstić information content (AvgIpc) is 3.12. The van der Waals surface area contributed by atoms with Crippen molar-refractivity contribution in [2.24, 2.45) is 0 Å². The van der Waals surface area contributed by atoms with Crippen LogP contribution < -0.4 is 5.32 Å². The molecule has 5 nitrogen and oxygen atoms in total. The lowest BCUT2D eigenvalue weighted by Crippen LogP contribution is -2.33. The maximum absolute atomic E-state index is 12.8. The molecule has 0 radical (unpaired) electrons. The van der Waals surface area contributed by atoms with Crippen molar-refractivity contribution in [1.29, 1.82) is 0 Å². The highest BCUT2D eigenvalue weighted by Crippen LogP contribution is 2.22. The van der Waals surface area contributed by atoms with Gasteiger partial charge in [-0.15, -0.1) is 11.3 Å². The third-order valence-corrected chi connectivity index (χ3v) is 4.66. The second-order valence-corrected chi connectivity index (χ2v) is 6.82. The summed E-state index contributed by atoms with van der Waals surface area (Å²) in [7, 11) is 0. The smallest absolute Gasteiger partial charge is 0.273 e. The predicted octanol–water partition coefficient (Wildman–Crippen LogP) is 3.83. The Labute approximate surface area is 156 Å². The van der Waals surface area contributed by atoms with Gasteiger partial charge in [0.15, 0.2) is 5.13 Å². The molecule has 0 aliphatic carbocycles. The molecule has 6 heteroatoms. The van der Waals surface area contributed by atoms with Gasteiger partial charge in [-0.2, -0.15) is 0 Å². The van der Waals surface area contributed by atoms with Crippen molar-refractivity contribution in [2.75, 3.05) is 18.5 Å². The quantitative estimate of drug-likeness (QED) is 0.666. The number of thiazole rings is 1. The van der Waals surface area contributed by atoms with Crippen LogP contribution in [0, 0.1) is 6.92 Å². The first-order valence-corrected chi connectivity index (χ1v) is 9.27. The Morgan fingerprint density at radius 3 is 2.58 bits per heavy atom. The van der Waals surface area contributed by atoms with Gasteiger partial charge in [-0.1, -0.05) is 48.0 Å². The molecule has 2 aromatic carbocycles. The zero-order valence-corrected chi connectivity index (χ0v) is 15.4. The maximum Gasteiger partial charge on any atom is 0.273 e. The molecule has 1 amide bonds. The Kier molecular flexibility index (Phi) is 5.99. The SMILES string of the molecule is Cc1ccc(Nc2nc(C(=O)N(CCO)Cc3ccccc3)cs2)cc1.